The molecule has 1 unspecified atom stereocenters. The summed E-state index contributed by atoms with van der Waals surface area (Å²) in [6.07, 6.45) is -4.49. The molecule has 0 aromatic rings. The topological polar surface area (TPSA) is 29.1 Å². The van der Waals surface area contributed by atoms with Crippen molar-refractivity contribution in [3.63, 3.8) is 0 Å². The smallest absolute Gasteiger partial charge is 0.316 e. The van der Waals surface area contributed by atoms with Crippen molar-refractivity contribution in [3.05, 3.63) is 0 Å². The van der Waals surface area contributed by atoms with Crippen molar-refractivity contribution in [2.75, 3.05) is 13.1 Å². The van der Waals surface area contributed by atoms with Gasteiger partial charge in [-0.15, -0.1) is 0 Å². The number of hydrogen-bond donors (Lipinski definition) is 1. The number of halogens is 3. The van der Waals surface area contributed by atoms with E-state index in [0.29, 0.717) is 6.54 Å². The Bertz CT molecular complexity index is 178. The SMILES string of the molecule is O=C1CCNCCC1C(F)(F)F. The summed E-state index contributed by atoms with van der Waals surface area (Å²) in [6, 6.07) is 0. The second kappa shape index (κ2) is 3.43. The fourth-order valence-corrected chi connectivity index (χ4v) is 1.26. The van der Waals surface area contributed by atoms with Crippen molar-refractivity contribution >= 4 is 5.78 Å². The van der Waals surface area contributed by atoms with Crippen LogP contribution in [0.1, 0.15) is 12.8 Å². The third kappa shape index (κ3) is 2.20. The number of carbonyl (C=O) groups excluding carboxylic acids is 1. The van der Waals surface area contributed by atoms with Crippen molar-refractivity contribution in [2.45, 2.75) is 19.0 Å². The zero-order valence-electron chi connectivity index (χ0n) is 6.45. The van der Waals surface area contributed by atoms with Gasteiger partial charge in [0.15, 0.2) is 0 Å². The minimum Gasteiger partial charge on any atom is -0.316 e. The van der Waals surface area contributed by atoms with E-state index in [-0.39, 0.29) is 19.4 Å². The summed E-state index contributed by atoms with van der Waals surface area (Å²) < 4.78 is 36.4. The van der Waals surface area contributed by atoms with Crippen molar-refractivity contribution in [2.24, 2.45) is 5.92 Å². The summed E-state index contributed by atoms with van der Waals surface area (Å²) in [5.74, 6) is -2.43. The zero-order valence-corrected chi connectivity index (χ0v) is 6.45. The molecule has 0 bridgehead atoms. The van der Waals surface area contributed by atoms with E-state index in [2.05, 4.69) is 5.32 Å². The van der Waals surface area contributed by atoms with E-state index in [9.17, 15) is 18.0 Å². The Hall–Kier alpha value is -0.580. The molecule has 1 N–H and O–H groups in total. The van der Waals surface area contributed by atoms with Gasteiger partial charge in [-0.2, -0.15) is 13.2 Å². The van der Waals surface area contributed by atoms with E-state index in [0.717, 1.165) is 0 Å². The highest BCUT2D eigenvalue weighted by atomic mass is 19.4. The Morgan fingerprint density at radius 3 is 2.58 bits per heavy atom. The van der Waals surface area contributed by atoms with Crippen LogP contribution < -0.4 is 5.32 Å². The van der Waals surface area contributed by atoms with Gasteiger partial charge in [-0.3, -0.25) is 4.79 Å². The van der Waals surface area contributed by atoms with Gasteiger partial charge in [0, 0.05) is 13.0 Å². The fourth-order valence-electron chi connectivity index (χ4n) is 1.26. The number of hydrogen-bond acceptors (Lipinski definition) is 2. The van der Waals surface area contributed by atoms with E-state index < -0.39 is 17.9 Å². The lowest BCUT2D eigenvalue weighted by molar-refractivity contribution is -0.181. The maximum Gasteiger partial charge on any atom is 0.398 e. The first-order chi connectivity index (χ1) is 5.52. The van der Waals surface area contributed by atoms with Gasteiger partial charge in [-0.05, 0) is 13.0 Å². The lowest BCUT2D eigenvalue weighted by Gasteiger charge is -2.15. The van der Waals surface area contributed by atoms with Crippen LogP contribution in [0.3, 0.4) is 0 Å². The van der Waals surface area contributed by atoms with Crippen molar-refractivity contribution in [1.29, 1.82) is 0 Å². The van der Waals surface area contributed by atoms with Crippen molar-refractivity contribution in [3.8, 4) is 0 Å². The second-order valence-corrected chi connectivity index (χ2v) is 2.85. The summed E-state index contributed by atoms with van der Waals surface area (Å²) in [5.41, 5.74) is 0. The molecule has 0 saturated carbocycles. The molecule has 5 heteroatoms. The van der Waals surface area contributed by atoms with E-state index in [1.54, 1.807) is 0 Å². The quantitative estimate of drug-likeness (QED) is 0.606. The van der Waals surface area contributed by atoms with Crippen LogP contribution in [0.4, 0.5) is 13.2 Å². The highest BCUT2D eigenvalue weighted by Gasteiger charge is 2.44. The summed E-state index contributed by atoms with van der Waals surface area (Å²) in [5, 5.41) is 2.76. The lowest BCUT2D eigenvalue weighted by atomic mass is 9.99. The van der Waals surface area contributed by atoms with Gasteiger partial charge in [-0.1, -0.05) is 0 Å². The van der Waals surface area contributed by atoms with Gasteiger partial charge in [0.2, 0.25) is 0 Å². The molecule has 1 fully saturated rings. The Labute approximate surface area is 68.1 Å². The van der Waals surface area contributed by atoms with Crippen LogP contribution in [0.25, 0.3) is 0 Å². The lowest BCUT2D eigenvalue weighted by Crippen LogP contribution is -2.30. The number of alkyl halides is 3. The molecule has 0 aromatic heterocycles. The molecule has 2 nitrogen and oxygen atoms in total. The minimum atomic E-state index is -4.36. The molecule has 1 atom stereocenters. The van der Waals surface area contributed by atoms with E-state index in [1.807, 2.05) is 0 Å². The van der Waals surface area contributed by atoms with Crippen molar-refractivity contribution < 1.29 is 18.0 Å². The number of ketones is 1. The Morgan fingerprint density at radius 2 is 2.00 bits per heavy atom. The van der Waals surface area contributed by atoms with Crippen LogP contribution in [0.5, 0.6) is 0 Å². The minimum absolute atomic E-state index is 0.00975. The monoisotopic (exact) mass is 181 g/mol. The summed E-state index contributed by atoms with van der Waals surface area (Å²) in [6.45, 7) is 0.640. The third-order valence-corrected chi connectivity index (χ3v) is 1.94. The van der Waals surface area contributed by atoms with E-state index >= 15 is 0 Å². The molecule has 0 aromatic carbocycles. The second-order valence-electron chi connectivity index (χ2n) is 2.85. The third-order valence-electron chi connectivity index (χ3n) is 1.94. The summed E-state index contributed by atoms with van der Waals surface area (Å²) in [7, 11) is 0. The van der Waals surface area contributed by atoms with Crippen LogP contribution in [0.2, 0.25) is 0 Å². The molecule has 0 radical (unpaired) electrons. The van der Waals surface area contributed by atoms with E-state index in [4.69, 9.17) is 0 Å². The van der Waals surface area contributed by atoms with Crippen LogP contribution in [-0.4, -0.2) is 25.0 Å². The maximum absolute atomic E-state index is 12.1. The highest BCUT2D eigenvalue weighted by molar-refractivity contribution is 5.82. The Kier molecular flexibility index (Phi) is 2.72. The van der Waals surface area contributed by atoms with Gasteiger partial charge in [0.25, 0.3) is 0 Å². The molecule has 1 aliphatic heterocycles. The molecule has 0 spiro atoms. The summed E-state index contributed by atoms with van der Waals surface area (Å²) in [4.78, 5) is 10.9. The molecular weight excluding hydrogens is 171 g/mol. The fraction of sp³-hybridized carbons (Fsp3) is 0.857. The maximum atomic E-state index is 12.1. The number of Topliss-reactive ketones (excluding diaryl/α,β-unsaturated/α-hetero) is 1. The largest absolute Gasteiger partial charge is 0.398 e. The van der Waals surface area contributed by atoms with Gasteiger partial charge in [0.05, 0.1) is 0 Å². The van der Waals surface area contributed by atoms with Gasteiger partial charge >= 0.3 is 6.18 Å². The van der Waals surface area contributed by atoms with Crippen LogP contribution in [0, 0.1) is 5.92 Å². The predicted octanol–water partition coefficient (Wildman–Crippen LogP) is 1.12. The number of carbonyl (C=O) groups is 1. The standard InChI is InChI=1S/C7H10F3NO/c8-7(9,10)5-1-3-11-4-2-6(5)12/h5,11H,1-4H2. The Morgan fingerprint density at radius 1 is 1.33 bits per heavy atom. The van der Waals surface area contributed by atoms with Crippen LogP contribution >= 0.6 is 0 Å². The number of rotatable bonds is 0. The number of nitrogens with one attached hydrogen (secondary N) is 1. The zero-order chi connectivity index (χ0) is 9.19. The summed E-state index contributed by atoms with van der Waals surface area (Å²) >= 11 is 0. The molecule has 1 aliphatic rings. The van der Waals surface area contributed by atoms with Gasteiger partial charge in [0.1, 0.15) is 11.7 Å². The molecule has 0 aliphatic carbocycles. The highest BCUT2D eigenvalue weighted by Crippen LogP contribution is 2.30. The molecular formula is C7H10F3NO. The van der Waals surface area contributed by atoms with E-state index in [1.165, 1.54) is 0 Å². The first-order valence-electron chi connectivity index (χ1n) is 3.82. The Balaban J connectivity index is 2.66. The average Bonchev–Trinajstić information content (AvgIpc) is 2.11. The molecule has 70 valence electrons. The normalized spacial score (nSPS) is 26.9. The average molecular weight is 181 g/mol. The first-order valence-corrected chi connectivity index (χ1v) is 3.82. The molecule has 12 heavy (non-hydrogen) atoms. The molecule has 1 rings (SSSR count). The molecule has 1 heterocycles. The first kappa shape index (κ1) is 9.51. The predicted molar refractivity (Wildman–Crippen MR) is 36.7 cm³/mol. The van der Waals surface area contributed by atoms with Crippen LogP contribution in [-0.2, 0) is 4.79 Å². The van der Waals surface area contributed by atoms with Crippen LogP contribution in [0.15, 0.2) is 0 Å². The molecule has 0 amide bonds. The van der Waals surface area contributed by atoms with Gasteiger partial charge in [-0.25, -0.2) is 0 Å². The van der Waals surface area contributed by atoms with Gasteiger partial charge < -0.3 is 5.32 Å². The molecule has 1 saturated heterocycles. The van der Waals surface area contributed by atoms with Crippen molar-refractivity contribution in [1.82, 2.24) is 5.32 Å².